The molecule has 1 aromatic carbocycles. The maximum absolute atomic E-state index is 14.2. The number of benzene rings is 1. The van der Waals surface area contributed by atoms with Crippen LogP contribution in [0.4, 0.5) is 23.4 Å². The number of anilines is 1. The molecular weight excluding hydrogens is 412 g/mol. The first kappa shape index (κ1) is 21.3. The largest absolute Gasteiger partial charge is 0.425 e. The lowest BCUT2D eigenvalue weighted by molar-refractivity contribution is -0.201. The Morgan fingerprint density at radius 3 is 2.13 bits per heavy atom. The molecule has 3 rings (SSSR count). The fourth-order valence-corrected chi connectivity index (χ4v) is 2.97. The van der Waals surface area contributed by atoms with Crippen molar-refractivity contribution < 1.29 is 27.2 Å². The Kier molecular flexibility index (Phi) is 4.64. The molecule has 2 amide bonds. The van der Waals surface area contributed by atoms with E-state index < -0.39 is 57.4 Å². The van der Waals surface area contributed by atoms with Gasteiger partial charge in [0.2, 0.25) is 11.4 Å². The Hall–Kier alpha value is -3.44. The molecule has 0 unspecified atom stereocenters. The Bertz CT molecular complexity index is 1160. The van der Waals surface area contributed by atoms with Crippen LogP contribution < -0.4 is 21.9 Å². The topological polar surface area (TPSA) is 113 Å². The molecule has 0 aliphatic carbocycles. The summed E-state index contributed by atoms with van der Waals surface area (Å²) < 4.78 is 56.4. The average molecular weight is 428 g/mol. The van der Waals surface area contributed by atoms with E-state index in [1.807, 2.05) is 5.32 Å². The monoisotopic (exact) mass is 428 g/mol. The number of nitrogens with one attached hydrogen (secondary N) is 3. The van der Waals surface area contributed by atoms with Crippen molar-refractivity contribution in [3.63, 3.8) is 0 Å². The van der Waals surface area contributed by atoms with E-state index in [0.29, 0.717) is 4.57 Å². The van der Waals surface area contributed by atoms with Crippen LogP contribution >= 0.6 is 0 Å². The molecule has 0 saturated carbocycles. The van der Waals surface area contributed by atoms with Crippen molar-refractivity contribution in [1.82, 2.24) is 14.9 Å². The SMILES string of the molecule is CC(C)(C)C(=O)N[C@]1(C(F)(F)F)C(=O)Nc2c1c(=O)[nH]c(=O)n2-c1ccc(F)cc1. The minimum absolute atomic E-state index is 0.116. The number of nitrogens with zero attached hydrogens (tertiary/aromatic N) is 1. The molecule has 2 heterocycles. The van der Waals surface area contributed by atoms with Crippen LogP contribution in [-0.2, 0) is 15.1 Å². The van der Waals surface area contributed by atoms with Gasteiger partial charge >= 0.3 is 11.9 Å². The second kappa shape index (κ2) is 6.54. The van der Waals surface area contributed by atoms with E-state index >= 15 is 0 Å². The average Bonchev–Trinajstić information content (AvgIpc) is 2.89. The molecule has 12 heteroatoms. The Balaban J connectivity index is 2.37. The van der Waals surface area contributed by atoms with Gasteiger partial charge in [0.15, 0.2) is 0 Å². The van der Waals surface area contributed by atoms with Crippen molar-refractivity contribution in [2.45, 2.75) is 32.5 Å². The van der Waals surface area contributed by atoms with E-state index in [1.165, 1.54) is 20.8 Å². The summed E-state index contributed by atoms with van der Waals surface area (Å²) in [5.74, 6) is -4.36. The summed E-state index contributed by atoms with van der Waals surface area (Å²) in [5, 5.41) is 3.55. The smallest absolute Gasteiger partial charge is 0.330 e. The molecule has 0 spiro atoms. The minimum atomic E-state index is -5.43. The van der Waals surface area contributed by atoms with Gasteiger partial charge in [-0.25, -0.2) is 13.8 Å². The van der Waals surface area contributed by atoms with Gasteiger partial charge in [-0.3, -0.25) is 19.4 Å². The molecule has 0 saturated heterocycles. The first-order valence-electron chi connectivity index (χ1n) is 8.56. The van der Waals surface area contributed by atoms with E-state index in [9.17, 15) is 36.7 Å². The highest BCUT2D eigenvalue weighted by atomic mass is 19.4. The van der Waals surface area contributed by atoms with Crippen LogP contribution in [0.2, 0.25) is 0 Å². The number of fused-ring (bicyclic) bond motifs is 1. The molecule has 0 radical (unpaired) electrons. The van der Waals surface area contributed by atoms with Gasteiger partial charge in [-0.05, 0) is 24.3 Å². The molecular formula is C18H16F4N4O4. The molecule has 0 fully saturated rings. The summed E-state index contributed by atoms with van der Waals surface area (Å²) in [5.41, 5.74) is -9.03. The predicted octanol–water partition coefficient (Wildman–Crippen LogP) is 1.54. The summed E-state index contributed by atoms with van der Waals surface area (Å²) in [4.78, 5) is 51.5. The number of aromatic amines is 1. The Labute approximate surface area is 165 Å². The van der Waals surface area contributed by atoms with Gasteiger partial charge in [-0.15, -0.1) is 0 Å². The number of amides is 2. The van der Waals surface area contributed by atoms with Gasteiger partial charge in [0, 0.05) is 5.41 Å². The van der Waals surface area contributed by atoms with E-state index in [4.69, 9.17) is 0 Å². The molecule has 160 valence electrons. The number of hydrogen-bond donors (Lipinski definition) is 3. The fourth-order valence-electron chi connectivity index (χ4n) is 2.97. The summed E-state index contributed by atoms with van der Waals surface area (Å²) in [7, 11) is 0. The van der Waals surface area contributed by atoms with Gasteiger partial charge in [0.1, 0.15) is 17.2 Å². The van der Waals surface area contributed by atoms with Crippen LogP contribution in [-0.4, -0.2) is 27.5 Å². The Morgan fingerprint density at radius 1 is 1.07 bits per heavy atom. The third kappa shape index (κ3) is 3.08. The zero-order chi connectivity index (χ0) is 22.6. The van der Waals surface area contributed by atoms with Crippen molar-refractivity contribution in [3.8, 4) is 5.69 Å². The van der Waals surface area contributed by atoms with Gasteiger partial charge in [-0.1, -0.05) is 20.8 Å². The number of rotatable bonds is 2. The zero-order valence-electron chi connectivity index (χ0n) is 15.9. The van der Waals surface area contributed by atoms with E-state index in [0.717, 1.165) is 24.3 Å². The third-order valence-electron chi connectivity index (χ3n) is 4.55. The maximum atomic E-state index is 14.2. The Morgan fingerprint density at radius 2 is 1.63 bits per heavy atom. The van der Waals surface area contributed by atoms with Crippen molar-refractivity contribution in [2.24, 2.45) is 5.41 Å². The predicted molar refractivity (Wildman–Crippen MR) is 96.6 cm³/mol. The highest BCUT2D eigenvalue weighted by molar-refractivity contribution is 6.08. The van der Waals surface area contributed by atoms with Crippen molar-refractivity contribution in [2.75, 3.05) is 5.32 Å². The van der Waals surface area contributed by atoms with Gasteiger partial charge in [-0.2, -0.15) is 13.2 Å². The van der Waals surface area contributed by atoms with Crippen LogP contribution in [0.15, 0.2) is 33.9 Å². The standard InChI is InChI=1S/C18H16F4N4O4/c1-16(2,3)13(28)25-17(18(20,21)22)10-11(23-14(17)29)26(15(30)24-12(10)27)9-6-4-8(19)5-7-9/h4-7H,1-3H3,(H,23,29)(H,25,28)(H,24,27,30)/t17-/m0/s1. The number of aromatic nitrogens is 2. The van der Waals surface area contributed by atoms with Crippen LogP contribution in [0.3, 0.4) is 0 Å². The van der Waals surface area contributed by atoms with Gasteiger partial charge < -0.3 is 10.6 Å². The fraction of sp³-hybridized carbons (Fsp3) is 0.333. The molecule has 8 nitrogen and oxygen atoms in total. The van der Waals surface area contributed by atoms with Crippen molar-refractivity contribution in [1.29, 1.82) is 0 Å². The van der Waals surface area contributed by atoms with E-state index in [1.54, 1.807) is 10.3 Å². The van der Waals surface area contributed by atoms with Crippen molar-refractivity contribution in [3.05, 3.63) is 56.5 Å². The molecule has 30 heavy (non-hydrogen) atoms. The highest BCUT2D eigenvalue weighted by Crippen LogP contribution is 2.45. The van der Waals surface area contributed by atoms with Crippen LogP contribution in [0.25, 0.3) is 5.69 Å². The molecule has 0 bridgehead atoms. The molecule has 1 aliphatic rings. The second-order valence-electron chi connectivity index (χ2n) is 7.70. The number of H-pyrrole nitrogens is 1. The first-order valence-corrected chi connectivity index (χ1v) is 8.56. The van der Waals surface area contributed by atoms with E-state index in [2.05, 4.69) is 0 Å². The summed E-state index contributed by atoms with van der Waals surface area (Å²) in [6, 6.07) is 4.02. The maximum Gasteiger partial charge on any atom is 0.425 e. The molecule has 1 atom stereocenters. The number of carbonyl (C=O) groups excluding carboxylic acids is 2. The molecule has 1 aliphatic heterocycles. The lowest BCUT2D eigenvalue weighted by Crippen LogP contribution is -2.63. The zero-order valence-corrected chi connectivity index (χ0v) is 15.9. The van der Waals surface area contributed by atoms with Crippen molar-refractivity contribution >= 4 is 17.6 Å². The molecule has 2 aromatic rings. The number of hydrogen-bond acceptors (Lipinski definition) is 4. The normalized spacial score (nSPS) is 18.7. The van der Waals surface area contributed by atoms with Gasteiger partial charge in [0.05, 0.1) is 5.69 Å². The summed E-state index contributed by atoms with van der Waals surface area (Å²) >= 11 is 0. The van der Waals surface area contributed by atoms with Crippen LogP contribution in [0, 0.1) is 11.2 Å². The quantitative estimate of drug-likeness (QED) is 0.630. The van der Waals surface area contributed by atoms with E-state index in [-0.39, 0.29) is 5.69 Å². The number of alkyl halides is 3. The lowest BCUT2D eigenvalue weighted by atomic mass is 9.88. The lowest BCUT2D eigenvalue weighted by Gasteiger charge is -2.32. The molecule has 1 aromatic heterocycles. The van der Waals surface area contributed by atoms with Gasteiger partial charge in [0.25, 0.3) is 11.5 Å². The van der Waals surface area contributed by atoms with Crippen LogP contribution in [0.5, 0.6) is 0 Å². The third-order valence-corrected chi connectivity index (χ3v) is 4.55. The number of carbonyl (C=O) groups is 2. The highest BCUT2D eigenvalue weighted by Gasteiger charge is 2.68. The second-order valence-corrected chi connectivity index (χ2v) is 7.70. The summed E-state index contributed by atoms with van der Waals surface area (Å²) in [6.07, 6.45) is -5.43. The minimum Gasteiger partial charge on any atom is -0.330 e. The summed E-state index contributed by atoms with van der Waals surface area (Å²) in [6.45, 7) is 3.97. The number of halogens is 4. The van der Waals surface area contributed by atoms with Crippen LogP contribution in [0.1, 0.15) is 26.3 Å². The molecule has 3 N–H and O–H groups in total. The first-order chi connectivity index (χ1) is 13.7.